The second-order valence-corrected chi connectivity index (χ2v) is 5.82. The minimum Gasteiger partial charge on any atom is -0.423 e. The highest BCUT2D eigenvalue weighted by Gasteiger charge is 2.11. The Kier molecular flexibility index (Phi) is 5.18. The Morgan fingerprint density at radius 2 is 2.33 bits per heavy atom. The highest BCUT2D eigenvalue weighted by atomic mass is 79.9. The van der Waals surface area contributed by atoms with Crippen LogP contribution in [0.3, 0.4) is 0 Å². The topological polar surface area (TPSA) is 53.7 Å². The molecule has 110 valence electrons. The fourth-order valence-electron chi connectivity index (χ4n) is 2.29. The van der Waals surface area contributed by atoms with E-state index in [0.29, 0.717) is 30.5 Å². The first-order chi connectivity index (χ1) is 10.0. The quantitative estimate of drug-likeness (QED) is 0.795. The average molecular weight is 350 g/mol. The van der Waals surface area contributed by atoms with Gasteiger partial charge in [-0.15, -0.1) is 6.42 Å². The first-order valence-corrected chi connectivity index (χ1v) is 7.29. The van der Waals surface area contributed by atoms with Gasteiger partial charge < -0.3 is 9.52 Å². The van der Waals surface area contributed by atoms with E-state index in [1.165, 1.54) is 6.07 Å². The lowest BCUT2D eigenvalue weighted by Crippen LogP contribution is -2.36. The fourth-order valence-corrected chi connectivity index (χ4v) is 2.68. The maximum absolute atomic E-state index is 11.7. The van der Waals surface area contributed by atoms with Gasteiger partial charge in [-0.05, 0) is 30.7 Å². The van der Waals surface area contributed by atoms with E-state index in [0.717, 1.165) is 15.3 Å². The summed E-state index contributed by atoms with van der Waals surface area (Å²) in [5.41, 5.74) is 1.59. The summed E-state index contributed by atoms with van der Waals surface area (Å²) in [6.45, 7) is 0.898. The maximum atomic E-state index is 11.7. The lowest BCUT2D eigenvalue weighted by molar-refractivity contribution is 0.278. The molecular formula is C16H16BrNO3. The van der Waals surface area contributed by atoms with E-state index in [-0.39, 0.29) is 6.61 Å². The van der Waals surface area contributed by atoms with Crippen LogP contribution >= 0.6 is 15.9 Å². The van der Waals surface area contributed by atoms with Crippen molar-refractivity contribution < 1.29 is 9.52 Å². The molecule has 1 aliphatic rings. The number of hydrogen-bond acceptors (Lipinski definition) is 4. The molecule has 5 heteroatoms. The zero-order valence-electron chi connectivity index (χ0n) is 11.7. The third kappa shape index (κ3) is 3.73. The van der Waals surface area contributed by atoms with Gasteiger partial charge in [0, 0.05) is 22.3 Å². The molecule has 1 aliphatic carbocycles. The molecule has 0 aromatic carbocycles. The van der Waals surface area contributed by atoms with Gasteiger partial charge in [0.1, 0.15) is 5.42 Å². The Morgan fingerprint density at radius 3 is 3.00 bits per heavy atom. The molecule has 0 atom stereocenters. The molecule has 1 N–H and O–H groups in total. The second-order valence-electron chi connectivity index (χ2n) is 4.91. The number of aliphatic hydroxyl groups is 1. The molecule has 0 aliphatic heterocycles. The first-order valence-electron chi connectivity index (χ1n) is 6.50. The van der Waals surface area contributed by atoms with E-state index in [2.05, 4.69) is 21.9 Å². The summed E-state index contributed by atoms with van der Waals surface area (Å²) < 4.78 is 6.29. The zero-order valence-corrected chi connectivity index (χ0v) is 13.3. The molecule has 4 nitrogen and oxygen atoms in total. The second kappa shape index (κ2) is 6.90. The standard InChI is InChI=1S/C16H16BrNO3/c1-3-6-18(2)9-11-4-5-13(17)8-14-12(10-19)7-15(20)21-16(11)14/h1,5,7-8,19H,4,6,9-10H2,2H3. The lowest BCUT2D eigenvalue weighted by atomic mass is 10.1. The van der Waals surface area contributed by atoms with Crippen molar-refractivity contribution in [3.63, 3.8) is 0 Å². The molecule has 21 heavy (non-hydrogen) atoms. The molecule has 0 spiro atoms. The van der Waals surface area contributed by atoms with Gasteiger partial charge in [0.2, 0.25) is 0 Å². The van der Waals surface area contributed by atoms with Crippen molar-refractivity contribution in [2.75, 3.05) is 20.1 Å². The number of aliphatic hydroxyl groups excluding tert-OH is 1. The van der Waals surface area contributed by atoms with E-state index < -0.39 is 5.63 Å². The van der Waals surface area contributed by atoms with Crippen LogP contribution in [0, 0.1) is 12.3 Å². The SMILES string of the molecule is C#CCN(C)CC1=c2oc(=O)cc(CO)c2=CC(Br)=CC1. The third-order valence-electron chi connectivity index (χ3n) is 3.22. The number of allylic oxidation sites excluding steroid dienone is 2. The van der Waals surface area contributed by atoms with Gasteiger partial charge in [-0.25, -0.2) is 4.79 Å². The molecule has 0 radical (unpaired) electrons. The summed E-state index contributed by atoms with van der Waals surface area (Å²) in [7, 11) is 1.91. The van der Waals surface area contributed by atoms with Gasteiger partial charge in [-0.1, -0.05) is 27.9 Å². The van der Waals surface area contributed by atoms with E-state index in [4.69, 9.17) is 10.8 Å². The van der Waals surface area contributed by atoms with Gasteiger partial charge in [-0.3, -0.25) is 4.90 Å². The average Bonchev–Trinajstić information content (AvgIpc) is 2.59. The number of terminal acetylenes is 1. The Bertz CT molecular complexity index is 783. The van der Waals surface area contributed by atoms with E-state index in [1.807, 2.05) is 24.1 Å². The minimum absolute atomic E-state index is 0.210. The van der Waals surface area contributed by atoms with Crippen LogP contribution in [-0.4, -0.2) is 30.1 Å². The van der Waals surface area contributed by atoms with Crippen LogP contribution in [0.1, 0.15) is 12.0 Å². The highest BCUT2D eigenvalue weighted by Crippen LogP contribution is 2.14. The van der Waals surface area contributed by atoms with Gasteiger partial charge in [0.15, 0.2) is 0 Å². The Balaban J connectivity index is 2.69. The molecule has 0 saturated heterocycles. The Hall–Kier alpha value is -1.61. The van der Waals surface area contributed by atoms with E-state index in [9.17, 15) is 9.90 Å². The van der Waals surface area contributed by atoms with Crippen molar-refractivity contribution in [2.45, 2.75) is 13.0 Å². The largest absolute Gasteiger partial charge is 0.423 e. The third-order valence-corrected chi connectivity index (χ3v) is 3.78. The predicted molar refractivity (Wildman–Crippen MR) is 86.0 cm³/mol. The molecule has 2 rings (SSSR count). The number of hydrogen-bond donors (Lipinski definition) is 1. The summed E-state index contributed by atoms with van der Waals surface area (Å²) in [4.78, 5) is 13.7. The summed E-state index contributed by atoms with van der Waals surface area (Å²) in [5.74, 6) is 2.59. The monoisotopic (exact) mass is 349 g/mol. The highest BCUT2D eigenvalue weighted by molar-refractivity contribution is 9.12. The van der Waals surface area contributed by atoms with Crippen LogP contribution in [0.5, 0.6) is 0 Å². The van der Waals surface area contributed by atoms with Crippen molar-refractivity contribution in [3.05, 3.63) is 43.2 Å². The molecule has 0 amide bonds. The molecule has 1 aromatic rings. The van der Waals surface area contributed by atoms with Crippen molar-refractivity contribution in [1.82, 2.24) is 4.90 Å². The van der Waals surface area contributed by atoms with E-state index >= 15 is 0 Å². The number of halogens is 1. The summed E-state index contributed by atoms with van der Waals surface area (Å²) >= 11 is 3.46. The summed E-state index contributed by atoms with van der Waals surface area (Å²) in [6.07, 6.45) is 9.83. The van der Waals surface area contributed by atoms with Gasteiger partial charge in [0.25, 0.3) is 0 Å². The molecule has 1 aromatic heterocycles. The van der Waals surface area contributed by atoms with Crippen LogP contribution in [0.2, 0.25) is 0 Å². The van der Waals surface area contributed by atoms with Crippen LogP contribution in [0.15, 0.2) is 25.8 Å². The van der Waals surface area contributed by atoms with Crippen molar-refractivity contribution >= 4 is 27.6 Å². The fraction of sp³-hybridized carbons (Fsp3) is 0.312. The van der Waals surface area contributed by atoms with Crippen LogP contribution in [0.4, 0.5) is 0 Å². The number of rotatable bonds is 4. The lowest BCUT2D eigenvalue weighted by Gasteiger charge is -2.14. The number of nitrogens with zero attached hydrogens (tertiary/aromatic N) is 1. The predicted octanol–water partition coefficient (Wildman–Crippen LogP) is 0.311. The van der Waals surface area contributed by atoms with E-state index in [1.54, 1.807) is 0 Å². The van der Waals surface area contributed by atoms with Crippen molar-refractivity contribution in [3.8, 4) is 12.3 Å². The van der Waals surface area contributed by atoms with Gasteiger partial charge in [-0.2, -0.15) is 0 Å². The Morgan fingerprint density at radius 1 is 1.57 bits per heavy atom. The summed E-state index contributed by atoms with van der Waals surface area (Å²) in [5, 5.41) is 10.2. The smallest absolute Gasteiger partial charge is 0.336 e. The summed E-state index contributed by atoms with van der Waals surface area (Å²) in [6, 6.07) is 1.32. The molecule has 0 unspecified atom stereocenters. The molecule has 0 fully saturated rings. The molecular weight excluding hydrogens is 334 g/mol. The van der Waals surface area contributed by atoms with Crippen molar-refractivity contribution in [1.29, 1.82) is 0 Å². The van der Waals surface area contributed by atoms with Crippen molar-refractivity contribution in [2.24, 2.45) is 0 Å². The zero-order chi connectivity index (χ0) is 15.4. The normalized spacial score (nSPS) is 14.0. The van der Waals surface area contributed by atoms with Crippen LogP contribution in [0.25, 0.3) is 11.6 Å². The first kappa shape index (κ1) is 15.8. The van der Waals surface area contributed by atoms with Gasteiger partial charge in [0.05, 0.1) is 13.2 Å². The maximum Gasteiger partial charge on any atom is 0.336 e. The number of fused-ring (bicyclic) bond motifs is 1. The minimum atomic E-state index is -0.457. The van der Waals surface area contributed by atoms with Crippen LogP contribution < -0.4 is 16.3 Å². The molecule has 0 bridgehead atoms. The van der Waals surface area contributed by atoms with Crippen LogP contribution in [-0.2, 0) is 6.61 Å². The molecule has 1 heterocycles. The molecule has 0 saturated carbocycles. The van der Waals surface area contributed by atoms with Gasteiger partial charge >= 0.3 is 5.63 Å². The Labute approximate surface area is 131 Å².